The van der Waals surface area contributed by atoms with E-state index >= 15 is 0 Å². The number of furan rings is 1. The molecule has 0 atom stereocenters. The van der Waals surface area contributed by atoms with Gasteiger partial charge in [-0.15, -0.1) is 0 Å². The van der Waals surface area contributed by atoms with Crippen molar-refractivity contribution in [1.82, 2.24) is 5.16 Å². The summed E-state index contributed by atoms with van der Waals surface area (Å²) >= 11 is 0. The number of anilines is 2. The smallest absolute Gasteiger partial charge is 0.202 e. The fourth-order valence-electron chi connectivity index (χ4n) is 2.85. The highest BCUT2D eigenvalue weighted by atomic mass is 16.5. The van der Waals surface area contributed by atoms with Crippen LogP contribution in [0.4, 0.5) is 11.4 Å². The largest absolute Gasteiger partial charge is 0.461 e. The van der Waals surface area contributed by atoms with Crippen LogP contribution in [-0.4, -0.2) is 25.3 Å². The summed E-state index contributed by atoms with van der Waals surface area (Å²) in [5.41, 5.74) is 3.40. The van der Waals surface area contributed by atoms with Crippen LogP contribution in [0.2, 0.25) is 0 Å². The van der Waals surface area contributed by atoms with Gasteiger partial charge in [0.1, 0.15) is 5.69 Å². The Morgan fingerprint density at radius 1 is 1.05 bits per heavy atom. The molecular formula is C17H17N3O2. The third-order valence-corrected chi connectivity index (χ3v) is 4.01. The molecule has 0 bridgehead atoms. The van der Waals surface area contributed by atoms with Crippen LogP contribution in [0.25, 0.3) is 11.5 Å². The third-order valence-electron chi connectivity index (χ3n) is 4.01. The molecule has 22 heavy (non-hydrogen) atoms. The van der Waals surface area contributed by atoms with Crippen LogP contribution in [-0.2, 0) is 6.54 Å². The lowest BCUT2D eigenvalue weighted by atomic mass is 10.1. The van der Waals surface area contributed by atoms with Gasteiger partial charge in [-0.2, -0.15) is 0 Å². The second kappa shape index (κ2) is 5.26. The number of likely N-dealkylation sites (N-methyl/N-ethyl adjacent to an activating group) is 1. The maximum absolute atomic E-state index is 5.38. The van der Waals surface area contributed by atoms with Crippen LogP contribution in [0.3, 0.4) is 0 Å². The van der Waals surface area contributed by atoms with Crippen LogP contribution in [0, 0.1) is 0 Å². The Kier molecular flexibility index (Phi) is 3.11. The van der Waals surface area contributed by atoms with Gasteiger partial charge in [0.05, 0.1) is 24.2 Å². The average molecular weight is 295 g/mol. The van der Waals surface area contributed by atoms with Crippen molar-refractivity contribution in [3.8, 4) is 11.5 Å². The molecule has 5 heteroatoms. The first-order valence-electron chi connectivity index (χ1n) is 7.36. The summed E-state index contributed by atoms with van der Waals surface area (Å²) in [6.45, 7) is 2.70. The molecule has 3 heterocycles. The molecule has 2 aromatic heterocycles. The van der Waals surface area contributed by atoms with E-state index in [2.05, 4.69) is 46.3 Å². The Bertz CT molecular complexity index is 764. The van der Waals surface area contributed by atoms with Gasteiger partial charge in [-0.05, 0) is 24.3 Å². The molecule has 112 valence electrons. The molecule has 1 aromatic carbocycles. The Morgan fingerprint density at radius 2 is 1.91 bits per heavy atom. The zero-order valence-corrected chi connectivity index (χ0v) is 12.4. The van der Waals surface area contributed by atoms with E-state index in [9.17, 15) is 0 Å². The van der Waals surface area contributed by atoms with Gasteiger partial charge in [-0.25, -0.2) is 0 Å². The van der Waals surface area contributed by atoms with E-state index in [1.807, 2.05) is 18.2 Å². The lowest BCUT2D eigenvalue weighted by molar-refractivity contribution is 0.410. The van der Waals surface area contributed by atoms with Gasteiger partial charge >= 0.3 is 0 Å². The summed E-state index contributed by atoms with van der Waals surface area (Å²) in [6.07, 6.45) is 1.63. The first-order valence-corrected chi connectivity index (χ1v) is 7.36. The molecule has 3 aromatic rings. The van der Waals surface area contributed by atoms with Gasteiger partial charge in [0.15, 0.2) is 5.76 Å². The van der Waals surface area contributed by atoms with E-state index in [1.165, 1.54) is 11.4 Å². The number of hydrogen-bond acceptors (Lipinski definition) is 5. The highest BCUT2D eigenvalue weighted by Gasteiger charge is 2.21. The maximum Gasteiger partial charge on any atom is 0.202 e. The number of para-hydroxylation sites is 2. The fourth-order valence-corrected chi connectivity index (χ4v) is 2.85. The van der Waals surface area contributed by atoms with E-state index in [0.717, 1.165) is 25.3 Å². The second-order valence-electron chi connectivity index (χ2n) is 5.49. The quantitative estimate of drug-likeness (QED) is 0.741. The topological polar surface area (TPSA) is 45.7 Å². The summed E-state index contributed by atoms with van der Waals surface area (Å²) in [5.74, 6) is 1.37. The van der Waals surface area contributed by atoms with Gasteiger partial charge in [-0.3, -0.25) is 0 Å². The molecule has 0 aliphatic carbocycles. The minimum atomic E-state index is 0.669. The predicted molar refractivity (Wildman–Crippen MR) is 85.0 cm³/mol. The first-order chi connectivity index (χ1) is 10.8. The Balaban J connectivity index is 1.58. The van der Waals surface area contributed by atoms with E-state index in [-0.39, 0.29) is 0 Å². The molecule has 1 aliphatic heterocycles. The van der Waals surface area contributed by atoms with E-state index < -0.39 is 0 Å². The van der Waals surface area contributed by atoms with E-state index in [4.69, 9.17) is 8.94 Å². The number of rotatable bonds is 3. The van der Waals surface area contributed by atoms with Crippen LogP contribution in [0.5, 0.6) is 0 Å². The van der Waals surface area contributed by atoms with Crippen LogP contribution >= 0.6 is 0 Å². The predicted octanol–water partition coefficient (Wildman–Crippen LogP) is 3.39. The van der Waals surface area contributed by atoms with Crippen molar-refractivity contribution in [3.05, 3.63) is 54.4 Å². The van der Waals surface area contributed by atoms with Crippen LogP contribution in [0.1, 0.15) is 5.69 Å². The van der Waals surface area contributed by atoms with Crippen molar-refractivity contribution in [3.63, 3.8) is 0 Å². The first kappa shape index (κ1) is 13.0. The summed E-state index contributed by atoms with van der Waals surface area (Å²) < 4.78 is 10.7. The van der Waals surface area contributed by atoms with E-state index in [1.54, 1.807) is 6.26 Å². The number of aromatic nitrogens is 1. The lowest BCUT2D eigenvalue weighted by Gasteiger charge is -2.36. The van der Waals surface area contributed by atoms with Crippen molar-refractivity contribution < 1.29 is 8.94 Å². The van der Waals surface area contributed by atoms with Gasteiger partial charge in [0, 0.05) is 26.2 Å². The molecule has 1 aliphatic rings. The van der Waals surface area contributed by atoms with E-state index in [0.29, 0.717) is 11.5 Å². The highest BCUT2D eigenvalue weighted by molar-refractivity contribution is 5.73. The molecule has 0 radical (unpaired) electrons. The molecular weight excluding hydrogens is 278 g/mol. The zero-order valence-electron chi connectivity index (χ0n) is 12.4. The van der Waals surface area contributed by atoms with Crippen molar-refractivity contribution in [2.75, 3.05) is 29.9 Å². The molecule has 0 spiro atoms. The highest BCUT2D eigenvalue weighted by Crippen LogP contribution is 2.33. The maximum atomic E-state index is 5.38. The number of nitrogens with zero attached hydrogens (tertiary/aromatic N) is 3. The van der Waals surface area contributed by atoms with Gasteiger partial charge in [-0.1, -0.05) is 17.3 Å². The number of benzene rings is 1. The number of fused-ring (bicyclic) bond motifs is 1. The summed E-state index contributed by atoms with van der Waals surface area (Å²) in [4.78, 5) is 4.61. The molecule has 0 amide bonds. The minimum Gasteiger partial charge on any atom is -0.461 e. The SMILES string of the molecule is CN1CCN(Cc2cc(-c3ccco3)on2)c2ccccc21. The monoisotopic (exact) mass is 295 g/mol. The molecule has 0 unspecified atom stereocenters. The van der Waals surface area contributed by atoms with Crippen LogP contribution < -0.4 is 9.80 Å². The van der Waals surface area contributed by atoms with Crippen molar-refractivity contribution >= 4 is 11.4 Å². The third kappa shape index (κ3) is 2.24. The molecule has 0 fully saturated rings. The zero-order chi connectivity index (χ0) is 14.9. The Hall–Kier alpha value is -2.69. The standard InChI is InChI=1S/C17H17N3O2/c1-19-8-9-20(15-6-3-2-5-14(15)19)12-13-11-17(22-18-13)16-7-4-10-21-16/h2-7,10-11H,8-9,12H2,1H3. The summed E-state index contributed by atoms with van der Waals surface area (Å²) in [6, 6.07) is 14.1. The molecule has 0 N–H and O–H groups in total. The van der Waals surface area contributed by atoms with Crippen molar-refractivity contribution in [1.29, 1.82) is 0 Å². The molecule has 4 rings (SSSR count). The minimum absolute atomic E-state index is 0.669. The van der Waals surface area contributed by atoms with Crippen LogP contribution in [0.15, 0.2) is 57.7 Å². The normalized spacial score (nSPS) is 14.2. The molecule has 5 nitrogen and oxygen atoms in total. The summed E-state index contributed by atoms with van der Waals surface area (Å²) in [5, 5.41) is 4.17. The molecule has 0 saturated carbocycles. The van der Waals surface area contributed by atoms with Gasteiger partial charge in [0.25, 0.3) is 0 Å². The van der Waals surface area contributed by atoms with Crippen molar-refractivity contribution in [2.45, 2.75) is 6.54 Å². The number of hydrogen-bond donors (Lipinski definition) is 0. The van der Waals surface area contributed by atoms with Gasteiger partial charge < -0.3 is 18.7 Å². The Labute approximate surface area is 128 Å². The second-order valence-corrected chi connectivity index (χ2v) is 5.49. The van der Waals surface area contributed by atoms with Crippen molar-refractivity contribution in [2.24, 2.45) is 0 Å². The fraction of sp³-hybridized carbons (Fsp3) is 0.235. The summed E-state index contributed by atoms with van der Waals surface area (Å²) in [7, 11) is 2.13. The Morgan fingerprint density at radius 3 is 2.73 bits per heavy atom. The average Bonchev–Trinajstić information content (AvgIpc) is 3.21. The van der Waals surface area contributed by atoms with Gasteiger partial charge in [0.2, 0.25) is 5.76 Å². The molecule has 0 saturated heterocycles. The lowest BCUT2D eigenvalue weighted by Crippen LogP contribution is -2.38.